The molecule has 0 aliphatic heterocycles. The van der Waals surface area contributed by atoms with Crippen molar-refractivity contribution in [3.8, 4) is 11.1 Å². The molecule has 0 aliphatic carbocycles. The van der Waals surface area contributed by atoms with Crippen molar-refractivity contribution >= 4 is 88.0 Å². The molecule has 1 aromatic heterocycles. The molecule has 0 amide bonds. The van der Waals surface area contributed by atoms with E-state index in [4.69, 9.17) is 11.6 Å². The third-order valence-electron chi connectivity index (χ3n) is 9.25. The molecule has 1 heterocycles. The van der Waals surface area contributed by atoms with Crippen molar-refractivity contribution in [2.75, 3.05) is 9.80 Å². The number of hydrogen-bond acceptors (Lipinski definition) is 3. The van der Waals surface area contributed by atoms with Crippen LogP contribution in [0.3, 0.4) is 0 Å². The van der Waals surface area contributed by atoms with Gasteiger partial charge in [-0.3, -0.25) is 0 Å². The zero-order valence-corrected chi connectivity index (χ0v) is 28.7. The van der Waals surface area contributed by atoms with Gasteiger partial charge in [0.25, 0.3) is 0 Å². The second-order valence-corrected chi connectivity index (χ2v) is 13.9. The fourth-order valence-corrected chi connectivity index (χ4v) is 8.27. The minimum atomic E-state index is 0.685. The number of anilines is 6. The van der Waals surface area contributed by atoms with Gasteiger partial charge in [-0.25, -0.2) is 0 Å². The summed E-state index contributed by atoms with van der Waals surface area (Å²) in [5, 5.41) is 5.63. The maximum Gasteiger partial charge on any atom is 0.0540 e. The van der Waals surface area contributed by atoms with Crippen molar-refractivity contribution in [1.29, 1.82) is 0 Å². The first kappa shape index (κ1) is 30.2. The molecule has 0 bridgehead atoms. The Balaban J connectivity index is 1.13. The lowest BCUT2D eigenvalue weighted by Crippen LogP contribution is -2.10. The van der Waals surface area contributed by atoms with Crippen molar-refractivity contribution in [3.63, 3.8) is 0 Å². The van der Waals surface area contributed by atoms with Crippen molar-refractivity contribution < 1.29 is 0 Å². The molecule has 50 heavy (non-hydrogen) atoms. The second kappa shape index (κ2) is 12.9. The third-order valence-corrected chi connectivity index (χ3v) is 10.6. The Kier molecular flexibility index (Phi) is 7.77. The summed E-state index contributed by atoms with van der Waals surface area (Å²) in [6.07, 6.45) is 0. The largest absolute Gasteiger partial charge is 0.310 e. The molecule has 0 atom stereocenters. The normalized spacial score (nSPS) is 11.3. The fraction of sp³-hybridized carbons (Fsp3) is 0. The zero-order valence-electron chi connectivity index (χ0n) is 27.1. The number of hydrogen-bond donors (Lipinski definition) is 0. The standard InChI is InChI=1S/C46H31ClN2S/c47-35-28-34(29-40(30-35)49(37-16-5-2-6-17-37)44-20-11-13-33-12-7-8-18-41(33)44)32-22-24-38(25-23-32)48(36-14-3-1-4-15-36)39-26-27-46-43(31-39)42-19-9-10-21-45(42)50-46/h1-31H. The van der Waals surface area contributed by atoms with Crippen LogP contribution < -0.4 is 9.80 Å². The number of halogens is 1. The van der Waals surface area contributed by atoms with Crippen LogP contribution in [0.5, 0.6) is 0 Å². The van der Waals surface area contributed by atoms with E-state index in [1.54, 1.807) is 0 Å². The Hall–Kier alpha value is -5.87. The van der Waals surface area contributed by atoms with Gasteiger partial charge in [-0.15, -0.1) is 11.3 Å². The Bertz CT molecular complexity index is 2610. The van der Waals surface area contributed by atoms with Crippen molar-refractivity contribution in [3.05, 3.63) is 193 Å². The molecule has 0 aliphatic rings. The van der Waals surface area contributed by atoms with E-state index >= 15 is 0 Å². The van der Waals surface area contributed by atoms with Crippen LogP contribution in [0.4, 0.5) is 34.1 Å². The second-order valence-electron chi connectivity index (χ2n) is 12.4. The van der Waals surface area contributed by atoms with E-state index in [0.29, 0.717) is 5.02 Å². The molecule has 9 aromatic rings. The smallest absolute Gasteiger partial charge is 0.0540 e. The van der Waals surface area contributed by atoms with Gasteiger partial charge in [0, 0.05) is 59.0 Å². The van der Waals surface area contributed by atoms with Gasteiger partial charge in [-0.05, 0) is 101 Å². The Labute approximate surface area is 300 Å². The molecule has 0 N–H and O–H groups in total. The first-order valence-electron chi connectivity index (χ1n) is 16.7. The van der Waals surface area contributed by atoms with Crippen molar-refractivity contribution in [2.45, 2.75) is 0 Å². The highest BCUT2D eigenvalue weighted by atomic mass is 35.5. The van der Waals surface area contributed by atoms with Crippen LogP contribution in [0.2, 0.25) is 5.02 Å². The van der Waals surface area contributed by atoms with E-state index in [9.17, 15) is 0 Å². The third kappa shape index (κ3) is 5.57. The van der Waals surface area contributed by atoms with Crippen LogP contribution in [-0.4, -0.2) is 0 Å². The lowest BCUT2D eigenvalue weighted by atomic mass is 10.0. The average Bonchev–Trinajstić information content (AvgIpc) is 3.54. The highest BCUT2D eigenvalue weighted by Gasteiger charge is 2.18. The molecule has 0 spiro atoms. The molecule has 0 unspecified atom stereocenters. The highest BCUT2D eigenvalue weighted by molar-refractivity contribution is 7.25. The number of thiophene rings is 1. The SMILES string of the molecule is Clc1cc(-c2ccc(N(c3ccccc3)c3ccc4sc5ccccc5c4c3)cc2)cc(N(c2ccccc2)c2cccc3ccccc23)c1. The van der Waals surface area contributed by atoms with E-state index in [-0.39, 0.29) is 0 Å². The Morgan fingerprint density at radius 1 is 0.360 bits per heavy atom. The van der Waals surface area contributed by atoms with Crippen molar-refractivity contribution in [1.82, 2.24) is 0 Å². The van der Waals surface area contributed by atoms with Crippen LogP contribution in [0.25, 0.3) is 42.1 Å². The molecule has 2 nitrogen and oxygen atoms in total. The van der Waals surface area contributed by atoms with Gasteiger partial charge < -0.3 is 9.80 Å². The molecular formula is C46H31ClN2S. The molecule has 9 rings (SSSR count). The van der Waals surface area contributed by atoms with Gasteiger partial charge in [0.2, 0.25) is 0 Å². The van der Waals surface area contributed by atoms with Gasteiger partial charge >= 0.3 is 0 Å². The molecule has 0 radical (unpaired) electrons. The van der Waals surface area contributed by atoms with E-state index in [1.807, 2.05) is 11.3 Å². The summed E-state index contributed by atoms with van der Waals surface area (Å²) < 4.78 is 2.60. The fourth-order valence-electron chi connectivity index (χ4n) is 6.96. The summed E-state index contributed by atoms with van der Waals surface area (Å²) in [5.41, 5.74) is 8.64. The molecule has 0 saturated carbocycles. The molecule has 238 valence electrons. The van der Waals surface area contributed by atoms with E-state index < -0.39 is 0 Å². The predicted molar refractivity (Wildman–Crippen MR) is 217 cm³/mol. The quantitative estimate of drug-likeness (QED) is 0.165. The maximum absolute atomic E-state index is 6.92. The van der Waals surface area contributed by atoms with Gasteiger partial charge in [-0.2, -0.15) is 0 Å². The van der Waals surface area contributed by atoms with Crippen LogP contribution in [0.15, 0.2) is 188 Å². The first-order chi connectivity index (χ1) is 24.7. The topological polar surface area (TPSA) is 6.48 Å². The molecular weight excluding hydrogens is 648 g/mol. The van der Waals surface area contributed by atoms with Crippen molar-refractivity contribution in [2.24, 2.45) is 0 Å². The predicted octanol–water partition coefficient (Wildman–Crippen LogP) is 14.5. The molecule has 8 aromatic carbocycles. The Morgan fingerprint density at radius 2 is 0.960 bits per heavy atom. The monoisotopic (exact) mass is 678 g/mol. The first-order valence-corrected chi connectivity index (χ1v) is 17.9. The van der Waals surface area contributed by atoms with Gasteiger partial charge in [0.1, 0.15) is 0 Å². The summed E-state index contributed by atoms with van der Waals surface area (Å²) in [6.45, 7) is 0. The van der Waals surface area contributed by atoms with Crippen LogP contribution in [0, 0.1) is 0 Å². The minimum Gasteiger partial charge on any atom is -0.310 e. The van der Waals surface area contributed by atoms with Crippen LogP contribution >= 0.6 is 22.9 Å². The number of rotatable bonds is 7. The lowest BCUT2D eigenvalue weighted by molar-refractivity contribution is 1.29. The minimum absolute atomic E-state index is 0.685. The lowest BCUT2D eigenvalue weighted by Gasteiger charge is -2.28. The number of para-hydroxylation sites is 2. The summed E-state index contributed by atoms with van der Waals surface area (Å²) in [7, 11) is 0. The van der Waals surface area contributed by atoms with E-state index in [2.05, 4.69) is 198 Å². The summed E-state index contributed by atoms with van der Waals surface area (Å²) >= 11 is 8.77. The zero-order chi connectivity index (χ0) is 33.4. The number of fused-ring (bicyclic) bond motifs is 4. The van der Waals surface area contributed by atoms with Gasteiger partial charge in [-0.1, -0.05) is 115 Å². The molecule has 4 heteroatoms. The molecule has 0 saturated heterocycles. The van der Waals surface area contributed by atoms with E-state index in [1.165, 1.54) is 30.9 Å². The molecule has 0 fully saturated rings. The van der Waals surface area contributed by atoms with Crippen LogP contribution in [-0.2, 0) is 0 Å². The highest BCUT2D eigenvalue weighted by Crippen LogP contribution is 2.43. The van der Waals surface area contributed by atoms with Gasteiger partial charge in [0.05, 0.1) is 5.69 Å². The Morgan fingerprint density at radius 3 is 1.74 bits per heavy atom. The summed E-state index contributed by atoms with van der Waals surface area (Å²) in [4.78, 5) is 4.63. The average molecular weight is 679 g/mol. The summed E-state index contributed by atoms with van der Waals surface area (Å²) in [5.74, 6) is 0. The maximum atomic E-state index is 6.92. The van der Waals surface area contributed by atoms with Crippen LogP contribution in [0.1, 0.15) is 0 Å². The number of benzene rings is 8. The number of nitrogens with zero attached hydrogens (tertiary/aromatic N) is 2. The summed E-state index contributed by atoms with van der Waals surface area (Å²) in [6, 6.07) is 66.7. The van der Waals surface area contributed by atoms with E-state index in [0.717, 1.165) is 45.3 Å². The van der Waals surface area contributed by atoms with Gasteiger partial charge in [0.15, 0.2) is 0 Å².